The van der Waals surface area contributed by atoms with Gasteiger partial charge in [0.2, 0.25) is 0 Å². The van der Waals surface area contributed by atoms with Crippen molar-refractivity contribution in [2.75, 3.05) is 0 Å². The zero-order chi connectivity index (χ0) is 12.8. The number of thiophene rings is 1. The van der Waals surface area contributed by atoms with E-state index >= 15 is 0 Å². The SMILES string of the molecule is Cc1cc(C2(O)CCc3cc(Br)ccc3C2)cs1. The van der Waals surface area contributed by atoms with E-state index in [1.165, 1.54) is 16.0 Å². The Labute approximate surface area is 120 Å². The predicted octanol–water partition coefficient (Wildman–Crippen LogP) is 4.20. The fraction of sp³-hybridized carbons (Fsp3) is 0.333. The molecule has 1 aromatic heterocycles. The van der Waals surface area contributed by atoms with Gasteiger partial charge in [-0.25, -0.2) is 0 Å². The molecular formula is C15H15BrOS. The van der Waals surface area contributed by atoms with E-state index in [2.05, 4.69) is 52.5 Å². The lowest BCUT2D eigenvalue weighted by molar-refractivity contribution is 0.0226. The molecule has 1 N–H and O–H groups in total. The van der Waals surface area contributed by atoms with Crippen molar-refractivity contribution in [3.8, 4) is 0 Å². The molecule has 1 atom stereocenters. The van der Waals surface area contributed by atoms with E-state index in [9.17, 15) is 5.11 Å². The van der Waals surface area contributed by atoms with Gasteiger partial charge in [-0.05, 0) is 60.0 Å². The van der Waals surface area contributed by atoms with Gasteiger partial charge in [-0.15, -0.1) is 11.3 Å². The summed E-state index contributed by atoms with van der Waals surface area (Å²) in [5.41, 5.74) is 3.04. The normalized spacial score (nSPS) is 22.8. The molecule has 0 radical (unpaired) electrons. The van der Waals surface area contributed by atoms with Crippen LogP contribution in [0.3, 0.4) is 0 Å². The Hall–Kier alpha value is -0.640. The fourth-order valence-corrected chi connectivity index (χ4v) is 3.88. The molecule has 1 heterocycles. The van der Waals surface area contributed by atoms with Crippen LogP contribution in [0.4, 0.5) is 0 Å². The Morgan fingerprint density at radius 1 is 1.28 bits per heavy atom. The third-order valence-electron chi connectivity index (χ3n) is 3.73. The van der Waals surface area contributed by atoms with E-state index in [1.54, 1.807) is 11.3 Å². The van der Waals surface area contributed by atoms with Crippen LogP contribution in [0.1, 0.15) is 28.0 Å². The Morgan fingerprint density at radius 3 is 2.83 bits per heavy atom. The van der Waals surface area contributed by atoms with E-state index in [0.717, 1.165) is 29.3 Å². The largest absolute Gasteiger partial charge is 0.385 e. The van der Waals surface area contributed by atoms with Crippen LogP contribution in [0.2, 0.25) is 0 Å². The molecule has 0 spiro atoms. The number of halogens is 1. The Morgan fingerprint density at radius 2 is 2.11 bits per heavy atom. The molecule has 0 saturated carbocycles. The van der Waals surface area contributed by atoms with Crippen LogP contribution in [-0.4, -0.2) is 5.11 Å². The summed E-state index contributed by atoms with van der Waals surface area (Å²) < 4.78 is 1.12. The standard InChI is InChI=1S/C15H15BrOS/c1-10-6-13(9-18-10)15(17)5-4-11-7-14(16)3-2-12(11)8-15/h2-3,6-7,9,17H,4-5,8H2,1H3. The summed E-state index contributed by atoms with van der Waals surface area (Å²) in [5.74, 6) is 0. The maximum absolute atomic E-state index is 10.9. The monoisotopic (exact) mass is 322 g/mol. The number of hydrogen-bond acceptors (Lipinski definition) is 2. The van der Waals surface area contributed by atoms with Crippen molar-refractivity contribution in [1.82, 2.24) is 0 Å². The number of aliphatic hydroxyl groups is 1. The lowest BCUT2D eigenvalue weighted by Crippen LogP contribution is -2.32. The highest BCUT2D eigenvalue weighted by molar-refractivity contribution is 9.10. The summed E-state index contributed by atoms with van der Waals surface area (Å²) in [6.45, 7) is 2.09. The van der Waals surface area contributed by atoms with E-state index in [0.29, 0.717) is 0 Å². The minimum absolute atomic E-state index is 0.675. The van der Waals surface area contributed by atoms with Crippen molar-refractivity contribution in [3.63, 3.8) is 0 Å². The molecule has 0 amide bonds. The minimum atomic E-state index is -0.675. The Balaban J connectivity index is 1.96. The molecule has 1 aliphatic carbocycles. The number of benzene rings is 1. The molecule has 3 rings (SSSR count). The van der Waals surface area contributed by atoms with Gasteiger partial charge in [0.1, 0.15) is 0 Å². The molecule has 18 heavy (non-hydrogen) atoms. The molecule has 1 unspecified atom stereocenters. The quantitative estimate of drug-likeness (QED) is 0.834. The van der Waals surface area contributed by atoms with Crippen LogP contribution < -0.4 is 0 Å². The average molecular weight is 323 g/mol. The Kier molecular flexibility index (Phi) is 3.08. The Bertz CT molecular complexity index is 590. The van der Waals surface area contributed by atoms with E-state index in [4.69, 9.17) is 0 Å². The highest BCUT2D eigenvalue weighted by Crippen LogP contribution is 2.38. The molecule has 3 heteroatoms. The lowest BCUT2D eigenvalue weighted by Gasteiger charge is -2.33. The molecule has 0 fully saturated rings. The van der Waals surface area contributed by atoms with Crippen molar-refractivity contribution in [2.45, 2.75) is 31.8 Å². The van der Waals surface area contributed by atoms with E-state index < -0.39 is 5.60 Å². The third kappa shape index (κ3) is 2.15. The van der Waals surface area contributed by atoms with Gasteiger partial charge in [0.25, 0.3) is 0 Å². The van der Waals surface area contributed by atoms with Crippen molar-refractivity contribution in [3.05, 3.63) is 55.7 Å². The molecule has 0 saturated heterocycles. The first-order valence-electron chi connectivity index (χ1n) is 6.12. The van der Waals surface area contributed by atoms with Crippen molar-refractivity contribution >= 4 is 27.3 Å². The van der Waals surface area contributed by atoms with Crippen LogP contribution in [0, 0.1) is 6.92 Å². The summed E-state index contributed by atoms with van der Waals surface area (Å²) in [5, 5.41) is 13.0. The molecule has 0 bridgehead atoms. The second-order valence-electron chi connectivity index (χ2n) is 5.07. The first kappa shape index (κ1) is 12.4. The van der Waals surface area contributed by atoms with Gasteiger partial charge < -0.3 is 5.11 Å². The van der Waals surface area contributed by atoms with Gasteiger partial charge in [0, 0.05) is 15.8 Å². The number of hydrogen-bond donors (Lipinski definition) is 1. The van der Waals surface area contributed by atoms with E-state index in [1.807, 2.05) is 0 Å². The second kappa shape index (κ2) is 4.48. The summed E-state index contributed by atoms with van der Waals surface area (Å²) in [6.07, 6.45) is 2.48. The van der Waals surface area contributed by atoms with E-state index in [-0.39, 0.29) is 0 Å². The van der Waals surface area contributed by atoms with Gasteiger partial charge in [-0.2, -0.15) is 0 Å². The van der Waals surface area contributed by atoms with Gasteiger partial charge in [0.05, 0.1) is 5.60 Å². The van der Waals surface area contributed by atoms with Crippen molar-refractivity contribution < 1.29 is 5.11 Å². The van der Waals surface area contributed by atoms with Gasteiger partial charge >= 0.3 is 0 Å². The van der Waals surface area contributed by atoms with Crippen LogP contribution in [0.25, 0.3) is 0 Å². The summed E-state index contributed by atoms with van der Waals surface area (Å²) in [7, 11) is 0. The lowest BCUT2D eigenvalue weighted by atomic mass is 9.77. The maximum Gasteiger partial charge on any atom is 0.0948 e. The zero-order valence-electron chi connectivity index (χ0n) is 10.2. The average Bonchev–Trinajstić information content (AvgIpc) is 2.77. The molecule has 1 aliphatic rings. The predicted molar refractivity (Wildman–Crippen MR) is 79.1 cm³/mol. The number of rotatable bonds is 1. The van der Waals surface area contributed by atoms with Gasteiger partial charge in [-0.1, -0.05) is 22.0 Å². The highest BCUT2D eigenvalue weighted by atomic mass is 79.9. The van der Waals surface area contributed by atoms with Crippen LogP contribution in [0.5, 0.6) is 0 Å². The summed E-state index contributed by atoms with van der Waals surface area (Å²) in [6, 6.07) is 8.48. The van der Waals surface area contributed by atoms with Crippen molar-refractivity contribution in [1.29, 1.82) is 0 Å². The van der Waals surface area contributed by atoms with Crippen LogP contribution in [0.15, 0.2) is 34.1 Å². The summed E-state index contributed by atoms with van der Waals surface area (Å²) in [4.78, 5) is 1.26. The highest BCUT2D eigenvalue weighted by Gasteiger charge is 2.34. The molecular weight excluding hydrogens is 308 g/mol. The topological polar surface area (TPSA) is 20.2 Å². The fourth-order valence-electron chi connectivity index (χ4n) is 2.68. The maximum atomic E-state index is 10.9. The number of aryl methyl sites for hydroxylation is 2. The van der Waals surface area contributed by atoms with Crippen molar-refractivity contribution in [2.24, 2.45) is 0 Å². The molecule has 1 aromatic carbocycles. The van der Waals surface area contributed by atoms with Crippen LogP contribution in [-0.2, 0) is 18.4 Å². The van der Waals surface area contributed by atoms with Gasteiger partial charge in [-0.3, -0.25) is 0 Å². The van der Waals surface area contributed by atoms with Gasteiger partial charge in [0.15, 0.2) is 0 Å². The van der Waals surface area contributed by atoms with Crippen LogP contribution >= 0.6 is 27.3 Å². The summed E-state index contributed by atoms with van der Waals surface area (Å²) >= 11 is 5.22. The first-order valence-corrected chi connectivity index (χ1v) is 7.79. The number of fused-ring (bicyclic) bond motifs is 1. The third-order valence-corrected chi connectivity index (χ3v) is 5.08. The smallest absolute Gasteiger partial charge is 0.0948 e. The molecule has 1 nitrogen and oxygen atoms in total. The molecule has 0 aliphatic heterocycles. The zero-order valence-corrected chi connectivity index (χ0v) is 12.6. The molecule has 94 valence electrons. The second-order valence-corrected chi connectivity index (χ2v) is 7.10. The first-order chi connectivity index (χ1) is 8.57. The molecule has 2 aromatic rings. The minimum Gasteiger partial charge on any atom is -0.385 e.